The first kappa shape index (κ1) is 14.5. The Bertz CT molecular complexity index is 641. The molecule has 1 aliphatic carbocycles. The Labute approximate surface area is 129 Å². The molecule has 1 saturated carbocycles. The Kier molecular flexibility index (Phi) is 3.94. The molecule has 0 bridgehead atoms. The molecule has 3 nitrogen and oxygen atoms in total. The Morgan fingerprint density at radius 2 is 2.10 bits per heavy atom. The molecule has 0 spiro atoms. The van der Waals surface area contributed by atoms with Crippen molar-refractivity contribution in [2.75, 3.05) is 5.88 Å². The zero-order chi connectivity index (χ0) is 14.9. The van der Waals surface area contributed by atoms with E-state index >= 15 is 0 Å². The van der Waals surface area contributed by atoms with Gasteiger partial charge in [-0.25, -0.2) is 0 Å². The first-order chi connectivity index (χ1) is 10.1. The molecule has 1 aromatic heterocycles. The number of fused-ring (bicyclic) bond motifs is 1. The number of rotatable bonds is 3. The van der Waals surface area contributed by atoms with E-state index in [0.717, 1.165) is 36.7 Å². The van der Waals surface area contributed by atoms with Crippen LogP contribution >= 0.6 is 11.6 Å². The topological polar surface area (TPSA) is 42.2 Å². The van der Waals surface area contributed by atoms with E-state index in [9.17, 15) is 4.79 Å². The van der Waals surface area contributed by atoms with Crippen molar-refractivity contribution in [2.45, 2.75) is 38.1 Å². The van der Waals surface area contributed by atoms with E-state index in [4.69, 9.17) is 16.0 Å². The zero-order valence-corrected chi connectivity index (χ0v) is 13.0. The van der Waals surface area contributed by atoms with Crippen LogP contribution in [0.1, 0.15) is 43.0 Å². The lowest BCUT2D eigenvalue weighted by molar-refractivity contribution is 0.0873. The van der Waals surface area contributed by atoms with Crippen LogP contribution in [0.2, 0.25) is 0 Å². The van der Waals surface area contributed by atoms with Crippen LogP contribution in [0.5, 0.6) is 0 Å². The molecule has 1 aromatic carbocycles. The number of carbonyl (C=O) groups excluding carboxylic acids is 1. The van der Waals surface area contributed by atoms with Crippen molar-refractivity contribution in [1.29, 1.82) is 0 Å². The average Bonchev–Trinajstić information content (AvgIpc) is 2.94. The van der Waals surface area contributed by atoms with E-state index in [1.54, 1.807) is 0 Å². The number of benzene rings is 1. The van der Waals surface area contributed by atoms with E-state index in [0.29, 0.717) is 17.4 Å². The van der Waals surface area contributed by atoms with E-state index in [2.05, 4.69) is 12.2 Å². The summed E-state index contributed by atoms with van der Waals surface area (Å²) in [6.07, 6.45) is 5.64. The summed E-state index contributed by atoms with van der Waals surface area (Å²) in [5, 5.41) is 4.02. The van der Waals surface area contributed by atoms with Gasteiger partial charge in [0.1, 0.15) is 11.8 Å². The summed E-state index contributed by atoms with van der Waals surface area (Å²) in [5.41, 5.74) is 1.05. The number of nitrogens with one attached hydrogen (secondary N) is 1. The Balaban J connectivity index is 1.82. The van der Waals surface area contributed by atoms with Gasteiger partial charge >= 0.3 is 0 Å². The molecule has 1 fully saturated rings. The third-order valence-corrected chi connectivity index (χ3v) is 5.10. The van der Waals surface area contributed by atoms with Gasteiger partial charge in [-0.2, -0.15) is 0 Å². The summed E-state index contributed by atoms with van der Waals surface area (Å²) >= 11 is 6.17. The lowest BCUT2D eigenvalue weighted by Crippen LogP contribution is -2.52. The first-order valence-electron chi connectivity index (χ1n) is 7.48. The molecule has 21 heavy (non-hydrogen) atoms. The van der Waals surface area contributed by atoms with Crippen molar-refractivity contribution in [1.82, 2.24) is 5.32 Å². The van der Waals surface area contributed by atoms with Crippen molar-refractivity contribution in [2.24, 2.45) is 5.92 Å². The van der Waals surface area contributed by atoms with Gasteiger partial charge in [-0.15, -0.1) is 11.6 Å². The van der Waals surface area contributed by atoms with Gasteiger partial charge in [-0.3, -0.25) is 4.79 Å². The molecule has 0 radical (unpaired) electrons. The number of hydrogen-bond donors (Lipinski definition) is 1. The molecule has 4 heteroatoms. The molecule has 112 valence electrons. The van der Waals surface area contributed by atoms with Crippen LogP contribution in [0.3, 0.4) is 0 Å². The molecular formula is C17H20ClNO2. The number of alkyl halides is 1. The smallest absolute Gasteiger partial charge is 0.255 e. The average molecular weight is 306 g/mol. The minimum Gasteiger partial charge on any atom is -0.463 e. The lowest BCUT2D eigenvalue weighted by atomic mass is 9.78. The van der Waals surface area contributed by atoms with Crippen molar-refractivity contribution in [3.63, 3.8) is 0 Å². The van der Waals surface area contributed by atoms with Gasteiger partial charge in [-0.05, 0) is 37.7 Å². The van der Waals surface area contributed by atoms with Crippen molar-refractivity contribution >= 4 is 28.5 Å². The van der Waals surface area contributed by atoms with Gasteiger partial charge in [0.05, 0.1) is 11.1 Å². The van der Waals surface area contributed by atoms with Crippen LogP contribution in [0, 0.1) is 5.92 Å². The minimum atomic E-state index is -0.274. The molecule has 0 saturated heterocycles. The van der Waals surface area contributed by atoms with Crippen LogP contribution in [0.4, 0.5) is 0 Å². The third-order valence-electron chi connectivity index (χ3n) is 4.59. The Morgan fingerprint density at radius 3 is 2.81 bits per heavy atom. The van der Waals surface area contributed by atoms with Crippen LogP contribution in [-0.2, 0) is 0 Å². The van der Waals surface area contributed by atoms with Crippen molar-refractivity contribution in [3.8, 4) is 0 Å². The minimum absolute atomic E-state index is 0.0878. The van der Waals surface area contributed by atoms with Crippen LogP contribution in [0.15, 0.2) is 34.9 Å². The Morgan fingerprint density at radius 1 is 1.38 bits per heavy atom. The predicted molar refractivity (Wildman–Crippen MR) is 84.8 cm³/mol. The highest BCUT2D eigenvalue weighted by atomic mass is 35.5. The predicted octanol–water partition coefficient (Wildman–Crippen LogP) is 4.35. The summed E-state index contributed by atoms with van der Waals surface area (Å²) in [6.45, 7) is 2.25. The lowest BCUT2D eigenvalue weighted by Gasteiger charge is -2.38. The van der Waals surface area contributed by atoms with E-state index in [-0.39, 0.29) is 11.4 Å². The van der Waals surface area contributed by atoms with Gasteiger partial charge in [0.2, 0.25) is 0 Å². The molecule has 1 heterocycles. The normalized spacial score (nSPS) is 25.9. The fourth-order valence-corrected chi connectivity index (χ4v) is 3.40. The van der Waals surface area contributed by atoms with Gasteiger partial charge in [-0.1, -0.05) is 25.1 Å². The van der Waals surface area contributed by atoms with Crippen LogP contribution < -0.4 is 5.32 Å². The SMILES string of the molecule is CC1CCC(CCl)(NC(=O)c2coc3ccccc23)CC1. The first-order valence-corrected chi connectivity index (χ1v) is 8.02. The highest BCUT2D eigenvalue weighted by Crippen LogP contribution is 2.33. The van der Waals surface area contributed by atoms with E-state index in [1.165, 1.54) is 6.26 Å². The fourth-order valence-electron chi connectivity index (χ4n) is 3.07. The van der Waals surface area contributed by atoms with Gasteiger partial charge < -0.3 is 9.73 Å². The number of carbonyl (C=O) groups is 1. The molecule has 2 aromatic rings. The highest BCUT2D eigenvalue weighted by Gasteiger charge is 2.35. The summed E-state index contributed by atoms with van der Waals surface area (Å²) in [7, 11) is 0. The van der Waals surface area contributed by atoms with E-state index < -0.39 is 0 Å². The second kappa shape index (κ2) is 5.72. The summed E-state index contributed by atoms with van der Waals surface area (Å²) < 4.78 is 5.45. The van der Waals surface area contributed by atoms with Crippen molar-refractivity contribution in [3.05, 3.63) is 36.1 Å². The quantitative estimate of drug-likeness (QED) is 0.857. The summed E-state index contributed by atoms with van der Waals surface area (Å²) in [4.78, 5) is 12.6. The highest BCUT2D eigenvalue weighted by molar-refractivity contribution is 6.19. The second-order valence-corrected chi connectivity index (χ2v) is 6.46. The van der Waals surface area contributed by atoms with E-state index in [1.807, 2.05) is 24.3 Å². The maximum Gasteiger partial charge on any atom is 0.255 e. The third kappa shape index (κ3) is 2.80. The molecule has 3 rings (SSSR count). The molecule has 0 unspecified atom stereocenters. The number of hydrogen-bond acceptors (Lipinski definition) is 2. The molecule has 0 aliphatic heterocycles. The van der Waals surface area contributed by atoms with Gasteiger partial charge in [0.25, 0.3) is 5.91 Å². The number of halogens is 1. The summed E-state index contributed by atoms with van der Waals surface area (Å²) in [5.74, 6) is 1.09. The number of amides is 1. The van der Waals surface area contributed by atoms with Crippen molar-refractivity contribution < 1.29 is 9.21 Å². The monoisotopic (exact) mass is 305 g/mol. The maximum absolute atomic E-state index is 12.6. The fraction of sp³-hybridized carbons (Fsp3) is 0.471. The molecule has 1 N–H and O–H groups in total. The standard InChI is InChI=1S/C17H20ClNO2/c1-12-6-8-17(11-18,9-7-12)19-16(20)14-10-21-15-5-3-2-4-13(14)15/h2-5,10,12H,6-9,11H2,1H3,(H,19,20). The molecule has 1 aliphatic rings. The van der Waals surface area contributed by atoms with Crippen LogP contribution in [-0.4, -0.2) is 17.3 Å². The maximum atomic E-state index is 12.6. The Hall–Kier alpha value is -1.48. The molecule has 0 atom stereocenters. The summed E-state index contributed by atoms with van der Waals surface area (Å²) in [6, 6.07) is 7.58. The molecule has 1 amide bonds. The largest absolute Gasteiger partial charge is 0.463 e. The zero-order valence-electron chi connectivity index (χ0n) is 12.2. The van der Waals surface area contributed by atoms with Crippen LogP contribution in [0.25, 0.3) is 11.0 Å². The van der Waals surface area contributed by atoms with Gasteiger partial charge in [0.15, 0.2) is 0 Å². The van der Waals surface area contributed by atoms with Gasteiger partial charge in [0, 0.05) is 11.3 Å². The number of para-hydroxylation sites is 1. The molecular weight excluding hydrogens is 286 g/mol. The second-order valence-electron chi connectivity index (χ2n) is 6.20. The number of furan rings is 1.